The van der Waals surface area contributed by atoms with Gasteiger partial charge in [0.1, 0.15) is 23.6 Å². The van der Waals surface area contributed by atoms with Gasteiger partial charge in [0.2, 0.25) is 11.8 Å². The van der Waals surface area contributed by atoms with E-state index >= 15 is 0 Å². The van der Waals surface area contributed by atoms with Gasteiger partial charge in [-0.2, -0.15) is 0 Å². The second kappa shape index (κ2) is 18.0. The predicted molar refractivity (Wildman–Crippen MR) is 206 cm³/mol. The minimum atomic E-state index is -0.654. The van der Waals surface area contributed by atoms with Crippen LogP contribution in [0.15, 0.2) is 48.5 Å². The maximum Gasteiger partial charge on any atom is 0.407 e. The van der Waals surface area contributed by atoms with E-state index in [0.717, 1.165) is 54.9 Å². The molecule has 0 bridgehead atoms. The van der Waals surface area contributed by atoms with Crippen LogP contribution in [0, 0.1) is 11.8 Å². The Morgan fingerprint density at radius 2 is 1.16 bits per heavy atom. The van der Waals surface area contributed by atoms with Crippen LogP contribution in [0.1, 0.15) is 76.6 Å². The summed E-state index contributed by atoms with van der Waals surface area (Å²) >= 11 is 0. The van der Waals surface area contributed by atoms with Gasteiger partial charge in [0.25, 0.3) is 0 Å². The van der Waals surface area contributed by atoms with Crippen molar-refractivity contribution in [1.82, 2.24) is 41.7 Å². The third-order valence-electron chi connectivity index (χ3n) is 11.3. The molecule has 0 radical (unpaired) electrons. The molecule has 4 heterocycles. The summed E-state index contributed by atoms with van der Waals surface area (Å²) in [4.78, 5) is 54.9. The number of hydrogen-bond acceptors (Lipinski definition) is 11. The minimum absolute atomic E-state index is 0.0277. The first kappa shape index (κ1) is 40.2. The van der Waals surface area contributed by atoms with Gasteiger partial charge in [-0.1, -0.05) is 52.0 Å². The first-order chi connectivity index (χ1) is 26.5. The Morgan fingerprint density at radius 1 is 0.673 bits per heavy atom. The van der Waals surface area contributed by atoms with Crippen molar-refractivity contribution in [2.75, 3.05) is 40.4 Å². The van der Waals surface area contributed by atoms with E-state index in [2.05, 4.69) is 56.2 Å². The molecule has 2 aromatic carbocycles. The predicted octanol–water partition coefficient (Wildman–Crippen LogP) is 3.34. The Kier molecular flexibility index (Phi) is 13.2. The van der Waals surface area contributed by atoms with E-state index in [9.17, 15) is 19.2 Å². The molecule has 0 aliphatic carbocycles. The van der Waals surface area contributed by atoms with Gasteiger partial charge in [-0.15, -0.1) is 0 Å². The third kappa shape index (κ3) is 9.34. The van der Waals surface area contributed by atoms with Crippen LogP contribution in [0.4, 0.5) is 9.59 Å². The number of carbonyl (C=O) groups is 4. The molecule has 6 unspecified atom stereocenters. The SMILES string of the molecule is COC(=O)NC(C(=O)N1CCC[C@H]1C1NCC(c2ccc(Oc3cccc(C4CNC([C@@H]5CCCN5C(=O)C(NC(=O)OC)C(C)C)N4)c3)cc2)N1)C(C)C. The van der Waals surface area contributed by atoms with Crippen molar-refractivity contribution in [3.63, 3.8) is 0 Å². The van der Waals surface area contributed by atoms with Gasteiger partial charge in [-0.05, 0) is 72.9 Å². The number of amides is 4. The molecule has 4 saturated heterocycles. The molecular weight excluding hydrogens is 704 g/mol. The van der Waals surface area contributed by atoms with E-state index in [-0.39, 0.29) is 60.1 Å². The lowest BCUT2D eigenvalue weighted by Gasteiger charge is -2.33. The number of ether oxygens (including phenoxy) is 3. The van der Waals surface area contributed by atoms with Gasteiger partial charge in [-0.25, -0.2) is 9.59 Å². The molecule has 0 saturated carbocycles. The zero-order valence-electron chi connectivity index (χ0n) is 32.8. The first-order valence-electron chi connectivity index (χ1n) is 19.6. The fourth-order valence-corrected chi connectivity index (χ4v) is 8.36. The minimum Gasteiger partial charge on any atom is -0.457 e. The smallest absolute Gasteiger partial charge is 0.407 e. The monoisotopic (exact) mass is 762 g/mol. The largest absolute Gasteiger partial charge is 0.457 e. The highest BCUT2D eigenvalue weighted by Gasteiger charge is 2.43. The average Bonchev–Trinajstić information content (AvgIpc) is 4.02. The molecule has 2 aromatic rings. The van der Waals surface area contributed by atoms with Gasteiger partial charge in [0.05, 0.1) is 38.6 Å². The van der Waals surface area contributed by atoms with Gasteiger partial charge in [-0.3, -0.25) is 30.9 Å². The average molecular weight is 763 g/mol. The van der Waals surface area contributed by atoms with Gasteiger partial charge >= 0.3 is 12.2 Å². The molecule has 55 heavy (non-hydrogen) atoms. The van der Waals surface area contributed by atoms with E-state index in [1.807, 2.05) is 61.8 Å². The number of nitrogens with zero attached hydrogens (tertiary/aromatic N) is 2. The summed E-state index contributed by atoms with van der Waals surface area (Å²) in [7, 11) is 2.60. The molecule has 8 atom stereocenters. The second-order valence-corrected chi connectivity index (χ2v) is 15.7. The van der Waals surface area contributed by atoms with Crippen LogP contribution >= 0.6 is 0 Å². The fraction of sp³-hybridized carbons (Fsp3) is 0.600. The molecular formula is C40H58N8O7. The molecule has 4 aliphatic heterocycles. The zero-order chi connectivity index (χ0) is 39.2. The van der Waals surface area contributed by atoms with Crippen molar-refractivity contribution in [2.24, 2.45) is 11.8 Å². The second-order valence-electron chi connectivity index (χ2n) is 15.7. The van der Waals surface area contributed by atoms with Crippen molar-refractivity contribution >= 4 is 24.0 Å². The summed E-state index contributed by atoms with van der Waals surface area (Å²) < 4.78 is 15.9. The molecule has 300 valence electrons. The van der Waals surface area contributed by atoms with Crippen LogP contribution in [0.2, 0.25) is 0 Å². The highest BCUT2D eigenvalue weighted by molar-refractivity contribution is 5.87. The van der Waals surface area contributed by atoms with Crippen molar-refractivity contribution in [1.29, 1.82) is 0 Å². The molecule has 6 rings (SSSR count). The van der Waals surface area contributed by atoms with Gasteiger partial charge in [0.15, 0.2) is 0 Å². The summed E-state index contributed by atoms with van der Waals surface area (Å²) in [6, 6.07) is 14.9. The summed E-state index contributed by atoms with van der Waals surface area (Å²) in [6.07, 6.45) is 2.17. The zero-order valence-corrected chi connectivity index (χ0v) is 32.8. The lowest BCUT2D eigenvalue weighted by Crippen LogP contribution is -2.57. The van der Waals surface area contributed by atoms with Crippen LogP contribution in [-0.4, -0.2) is 111 Å². The quantitative estimate of drug-likeness (QED) is 0.187. The first-order valence-corrected chi connectivity index (χ1v) is 19.6. The Labute approximate surface area is 323 Å². The van der Waals surface area contributed by atoms with E-state index in [0.29, 0.717) is 19.6 Å². The van der Waals surface area contributed by atoms with E-state index in [4.69, 9.17) is 14.2 Å². The highest BCUT2D eigenvalue weighted by atomic mass is 16.5. The fourth-order valence-electron chi connectivity index (χ4n) is 8.36. The molecule has 4 aliphatic rings. The third-order valence-corrected chi connectivity index (χ3v) is 11.3. The Bertz CT molecular complexity index is 1660. The van der Waals surface area contributed by atoms with Crippen molar-refractivity contribution < 1.29 is 33.4 Å². The lowest BCUT2D eigenvalue weighted by atomic mass is 10.0. The maximum absolute atomic E-state index is 13.6. The standard InChI is InChI=1S/C40H58N8O7/c1-23(2)33(45-39(51)53-5)37(49)47-18-8-12-31(47)35-41-21-29(43-35)25-14-16-27(17-15-25)55-28-11-7-10-26(20-28)30-22-42-36(44-30)32-13-9-19-48(32)38(50)34(24(3)4)46-40(52)54-6/h7,10-11,14-17,20,23-24,29-36,41-44H,8-9,12-13,18-19,21-22H2,1-6H3,(H,45,51)(H,46,52)/t29?,30?,31-,32-,33?,34?,35?,36?/m0/s1. The summed E-state index contributed by atoms with van der Waals surface area (Å²) in [5.41, 5.74) is 2.20. The van der Waals surface area contributed by atoms with E-state index in [1.54, 1.807) is 0 Å². The number of carbonyl (C=O) groups excluding carboxylic acids is 4. The summed E-state index contributed by atoms with van der Waals surface area (Å²) in [6.45, 7) is 10.4. The highest BCUT2D eigenvalue weighted by Crippen LogP contribution is 2.31. The Morgan fingerprint density at radius 3 is 1.64 bits per heavy atom. The maximum atomic E-state index is 13.6. The number of benzene rings is 2. The number of rotatable bonds is 12. The van der Waals surface area contributed by atoms with Crippen LogP contribution in [0.5, 0.6) is 11.5 Å². The van der Waals surface area contributed by atoms with Crippen molar-refractivity contribution in [3.05, 3.63) is 59.7 Å². The Balaban J connectivity index is 1.03. The lowest BCUT2D eigenvalue weighted by molar-refractivity contribution is -0.136. The van der Waals surface area contributed by atoms with Crippen LogP contribution < -0.4 is 36.6 Å². The van der Waals surface area contributed by atoms with Gasteiger partial charge in [0, 0.05) is 38.3 Å². The van der Waals surface area contributed by atoms with E-state index < -0.39 is 24.3 Å². The van der Waals surface area contributed by atoms with Crippen LogP contribution in [0.25, 0.3) is 0 Å². The number of hydrogen-bond donors (Lipinski definition) is 6. The van der Waals surface area contributed by atoms with Crippen LogP contribution in [-0.2, 0) is 19.1 Å². The number of methoxy groups -OCH3 is 2. The molecule has 15 nitrogen and oxygen atoms in total. The van der Waals surface area contributed by atoms with Gasteiger partial charge < -0.3 is 34.6 Å². The molecule has 4 fully saturated rings. The van der Waals surface area contributed by atoms with Crippen molar-refractivity contribution in [2.45, 2.75) is 102 Å². The molecule has 0 aromatic heterocycles. The normalized spacial score (nSPS) is 26.3. The molecule has 6 N–H and O–H groups in total. The van der Waals surface area contributed by atoms with Crippen LogP contribution in [0.3, 0.4) is 0 Å². The summed E-state index contributed by atoms with van der Waals surface area (Å²) in [5.74, 6) is 1.13. The van der Waals surface area contributed by atoms with E-state index in [1.165, 1.54) is 14.2 Å². The topological polar surface area (TPSA) is 175 Å². The molecule has 15 heteroatoms. The number of alkyl carbamates (subject to hydrolysis) is 2. The number of likely N-dealkylation sites (tertiary alicyclic amines) is 2. The Hall–Kier alpha value is -4.44. The van der Waals surface area contributed by atoms with Crippen molar-refractivity contribution in [3.8, 4) is 11.5 Å². The number of nitrogens with one attached hydrogen (secondary N) is 6. The molecule has 0 spiro atoms. The molecule has 4 amide bonds. The summed E-state index contributed by atoms with van der Waals surface area (Å²) in [5, 5.41) is 20.0.